The molecule has 1 aromatic carbocycles. The van der Waals surface area contributed by atoms with Crippen molar-refractivity contribution in [3.05, 3.63) is 35.6 Å². The quantitative estimate of drug-likeness (QED) is 0.778. The average Bonchev–Trinajstić information content (AvgIpc) is 2.37. The van der Waals surface area contributed by atoms with Gasteiger partial charge in [-0.05, 0) is 12.1 Å². The topological polar surface area (TPSA) is 54.5 Å². The predicted molar refractivity (Wildman–Crippen MR) is 70.4 cm³/mol. The summed E-state index contributed by atoms with van der Waals surface area (Å²) in [5.41, 5.74) is 0.365. The van der Waals surface area contributed by atoms with Crippen molar-refractivity contribution in [2.45, 2.75) is 6.42 Å². The SMILES string of the molecule is O=C(CCN1CCS(=O)(=O)CC1)c1cccc(F)c1. The van der Waals surface area contributed by atoms with E-state index in [2.05, 4.69) is 0 Å². The Hall–Kier alpha value is -1.27. The molecule has 1 fully saturated rings. The Kier molecular flexibility index (Phi) is 4.31. The third kappa shape index (κ3) is 4.11. The van der Waals surface area contributed by atoms with Crippen molar-refractivity contribution >= 4 is 15.6 Å². The molecule has 0 radical (unpaired) electrons. The summed E-state index contributed by atoms with van der Waals surface area (Å²) in [5, 5.41) is 0. The van der Waals surface area contributed by atoms with E-state index in [0.29, 0.717) is 25.2 Å². The Balaban J connectivity index is 1.85. The maximum Gasteiger partial charge on any atom is 0.164 e. The van der Waals surface area contributed by atoms with Gasteiger partial charge >= 0.3 is 0 Å². The molecule has 6 heteroatoms. The van der Waals surface area contributed by atoms with Crippen LogP contribution in [0.5, 0.6) is 0 Å². The van der Waals surface area contributed by atoms with Gasteiger partial charge in [0.15, 0.2) is 15.6 Å². The van der Waals surface area contributed by atoms with Crippen LogP contribution in [-0.4, -0.2) is 50.2 Å². The Labute approximate surface area is 112 Å². The molecule has 1 heterocycles. The van der Waals surface area contributed by atoms with Crippen molar-refractivity contribution in [1.82, 2.24) is 4.90 Å². The summed E-state index contributed by atoms with van der Waals surface area (Å²) >= 11 is 0. The molecular weight excluding hydrogens is 269 g/mol. The fourth-order valence-corrected chi connectivity index (χ4v) is 3.32. The minimum atomic E-state index is -2.89. The summed E-state index contributed by atoms with van der Waals surface area (Å²) in [6.07, 6.45) is 0.281. The number of hydrogen-bond donors (Lipinski definition) is 0. The van der Waals surface area contributed by atoms with Gasteiger partial charge in [-0.1, -0.05) is 12.1 Å². The highest BCUT2D eigenvalue weighted by atomic mass is 32.2. The lowest BCUT2D eigenvalue weighted by Crippen LogP contribution is -2.41. The minimum absolute atomic E-state index is 0.118. The van der Waals surface area contributed by atoms with Gasteiger partial charge in [0.25, 0.3) is 0 Å². The maximum atomic E-state index is 13.0. The lowest BCUT2D eigenvalue weighted by atomic mass is 10.1. The number of carbonyl (C=O) groups excluding carboxylic acids is 1. The zero-order valence-corrected chi connectivity index (χ0v) is 11.3. The molecule has 0 atom stereocenters. The third-order valence-electron chi connectivity index (χ3n) is 3.24. The van der Waals surface area contributed by atoms with Crippen molar-refractivity contribution < 1.29 is 17.6 Å². The summed E-state index contributed by atoms with van der Waals surface area (Å²) < 4.78 is 35.5. The number of benzene rings is 1. The number of hydrogen-bond acceptors (Lipinski definition) is 4. The normalized spacial score (nSPS) is 19.2. The van der Waals surface area contributed by atoms with Crippen LogP contribution in [0.4, 0.5) is 4.39 Å². The van der Waals surface area contributed by atoms with Crippen LogP contribution in [0.3, 0.4) is 0 Å². The van der Waals surface area contributed by atoms with Crippen molar-refractivity contribution in [2.24, 2.45) is 0 Å². The molecule has 0 saturated carbocycles. The van der Waals surface area contributed by atoms with Crippen LogP contribution in [0.25, 0.3) is 0 Å². The van der Waals surface area contributed by atoms with E-state index >= 15 is 0 Å². The number of rotatable bonds is 4. The number of ketones is 1. The monoisotopic (exact) mass is 285 g/mol. The van der Waals surface area contributed by atoms with Crippen molar-refractivity contribution in [2.75, 3.05) is 31.1 Å². The van der Waals surface area contributed by atoms with E-state index in [-0.39, 0.29) is 23.7 Å². The van der Waals surface area contributed by atoms with Crippen LogP contribution in [0.2, 0.25) is 0 Å². The van der Waals surface area contributed by atoms with E-state index in [0.717, 1.165) is 0 Å². The van der Waals surface area contributed by atoms with E-state index in [1.165, 1.54) is 18.2 Å². The molecule has 1 aliphatic heterocycles. The Morgan fingerprint density at radius 1 is 1.26 bits per heavy atom. The summed E-state index contributed by atoms with van der Waals surface area (Å²) in [6.45, 7) is 1.46. The fraction of sp³-hybridized carbons (Fsp3) is 0.462. The number of sulfone groups is 1. The lowest BCUT2D eigenvalue weighted by molar-refractivity contribution is 0.0965. The first-order valence-corrected chi connectivity index (χ1v) is 8.00. The van der Waals surface area contributed by atoms with Gasteiger partial charge in [0.05, 0.1) is 11.5 Å². The van der Waals surface area contributed by atoms with Crippen molar-refractivity contribution in [1.29, 1.82) is 0 Å². The molecule has 1 aromatic rings. The highest BCUT2D eigenvalue weighted by Crippen LogP contribution is 2.09. The summed E-state index contributed by atoms with van der Waals surface area (Å²) in [5.74, 6) is -0.231. The highest BCUT2D eigenvalue weighted by molar-refractivity contribution is 7.91. The van der Waals surface area contributed by atoms with Gasteiger partial charge in [-0.3, -0.25) is 4.79 Å². The first-order chi connectivity index (χ1) is 8.96. The average molecular weight is 285 g/mol. The molecule has 1 saturated heterocycles. The van der Waals surface area contributed by atoms with Gasteiger partial charge in [-0.25, -0.2) is 12.8 Å². The lowest BCUT2D eigenvalue weighted by Gasteiger charge is -2.26. The van der Waals surface area contributed by atoms with Gasteiger partial charge in [-0.15, -0.1) is 0 Å². The molecule has 0 unspecified atom stereocenters. The first kappa shape index (κ1) is 14.1. The maximum absolute atomic E-state index is 13.0. The van der Waals surface area contributed by atoms with E-state index in [1.807, 2.05) is 4.90 Å². The largest absolute Gasteiger partial charge is 0.301 e. The second kappa shape index (κ2) is 5.79. The summed E-state index contributed by atoms with van der Waals surface area (Å²) in [6, 6.07) is 5.62. The van der Waals surface area contributed by atoms with Crippen LogP contribution in [-0.2, 0) is 9.84 Å². The minimum Gasteiger partial charge on any atom is -0.301 e. The third-order valence-corrected chi connectivity index (χ3v) is 4.85. The molecule has 0 aliphatic carbocycles. The molecule has 1 aliphatic rings. The number of Topliss-reactive ketones (excluding diaryl/α,β-unsaturated/α-hetero) is 1. The molecule has 104 valence electrons. The van der Waals surface area contributed by atoms with E-state index in [1.54, 1.807) is 6.07 Å². The van der Waals surface area contributed by atoms with E-state index in [9.17, 15) is 17.6 Å². The first-order valence-electron chi connectivity index (χ1n) is 6.18. The summed E-state index contributed by atoms with van der Waals surface area (Å²) in [7, 11) is -2.89. The Morgan fingerprint density at radius 2 is 1.95 bits per heavy atom. The fourth-order valence-electron chi connectivity index (χ4n) is 2.04. The molecular formula is C13H16FNO3S. The van der Waals surface area contributed by atoms with E-state index < -0.39 is 15.7 Å². The van der Waals surface area contributed by atoms with Gasteiger partial charge in [0.1, 0.15) is 5.82 Å². The molecule has 2 rings (SSSR count). The van der Waals surface area contributed by atoms with Crippen LogP contribution in [0.1, 0.15) is 16.8 Å². The second-order valence-electron chi connectivity index (χ2n) is 4.68. The second-order valence-corrected chi connectivity index (χ2v) is 6.98. The zero-order valence-electron chi connectivity index (χ0n) is 10.5. The predicted octanol–water partition coefficient (Wildman–Crippen LogP) is 1.13. The molecule has 0 spiro atoms. The van der Waals surface area contributed by atoms with Crippen LogP contribution in [0.15, 0.2) is 24.3 Å². The van der Waals surface area contributed by atoms with Crippen LogP contribution in [0, 0.1) is 5.82 Å². The van der Waals surface area contributed by atoms with Crippen LogP contribution < -0.4 is 0 Å². The zero-order chi connectivity index (χ0) is 13.9. The number of carbonyl (C=O) groups is 1. The number of halogens is 1. The molecule has 19 heavy (non-hydrogen) atoms. The van der Waals surface area contributed by atoms with Gasteiger partial charge in [0.2, 0.25) is 0 Å². The van der Waals surface area contributed by atoms with Crippen molar-refractivity contribution in [3.63, 3.8) is 0 Å². The highest BCUT2D eigenvalue weighted by Gasteiger charge is 2.21. The molecule has 0 aromatic heterocycles. The van der Waals surface area contributed by atoms with Gasteiger partial charge in [-0.2, -0.15) is 0 Å². The smallest absolute Gasteiger partial charge is 0.164 e. The molecule has 0 N–H and O–H groups in total. The molecule has 4 nitrogen and oxygen atoms in total. The summed E-state index contributed by atoms with van der Waals surface area (Å²) in [4.78, 5) is 13.8. The van der Waals surface area contributed by atoms with Crippen LogP contribution >= 0.6 is 0 Å². The van der Waals surface area contributed by atoms with Crippen molar-refractivity contribution in [3.8, 4) is 0 Å². The van der Waals surface area contributed by atoms with E-state index in [4.69, 9.17) is 0 Å². The standard InChI is InChI=1S/C13H16FNO3S/c14-12-3-1-2-11(10-12)13(16)4-5-15-6-8-19(17,18)9-7-15/h1-3,10H,4-9H2. The van der Waals surface area contributed by atoms with Gasteiger partial charge < -0.3 is 4.90 Å². The Bertz CT molecular complexity index is 557. The number of nitrogens with zero attached hydrogens (tertiary/aromatic N) is 1. The molecule has 0 amide bonds. The Morgan fingerprint density at radius 3 is 2.58 bits per heavy atom. The molecule has 0 bridgehead atoms. The van der Waals surface area contributed by atoms with Gasteiger partial charge in [0, 0.05) is 31.6 Å².